The molecule has 0 atom stereocenters. The number of nitrogens with one attached hydrogen (secondary N) is 2. The molecule has 0 aliphatic carbocycles. The van der Waals surface area contributed by atoms with Crippen LogP contribution in [-0.4, -0.2) is 21.4 Å². The molecule has 0 fully saturated rings. The number of anilines is 1. The molecule has 1 heterocycles. The van der Waals surface area contributed by atoms with Crippen LogP contribution < -0.4 is 10.6 Å². The van der Waals surface area contributed by atoms with Gasteiger partial charge in [-0.15, -0.1) is 0 Å². The predicted octanol–water partition coefficient (Wildman–Crippen LogP) is 2.83. The summed E-state index contributed by atoms with van der Waals surface area (Å²) >= 11 is 11.0. The van der Waals surface area contributed by atoms with E-state index in [1.165, 1.54) is 5.56 Å². The maximum Gasteiger partial charge on any atom is 0.170 e. The lowest BCUT2D eigenvalue weighted by Gasteiger charge is -2.10. The predicted molar refractivity (Wildman–Crippen MR) is 82.6 cm³/mol. The second-order valence-electron chi connectivity index (χ2n) is 4.17. The van der Waals surface area contributed by atoms with Crippen LogP contribution in [0.1, 0.15) is 5.56 Å². The summed E-state index contributed by atoms with van der Waals surface area (Å²) in [5.41, 5.74) is 2.18. The number of rotatable bonds is 4. The lowest BCUT2D eigenvalue weighted by atomic mass is 10.2. The maximum atomic E-state index is 5.78. The molecule has 0 saturated carbocycles. The number of thiocarbonyl (C=S) groups is 1. The Kier molecular flexibility index (Phi) is 4.76. The molecule has 4 nitrogen and oxygen atoms in total. The van der Waals surface area contributed by atoms with Gasteiger partial charge < -0.3 is 10.6 Å². The molecule has 0 unspecified atom stereocenters. The number of halogens is 1. The minimum absolute atomic E-state index is 0.601. The molecular formula is C13H15ClN4S. The van der Waals surface area contributed by atoms with Gasteiger partial charge in [0.05, 0.1) is 17.8 Å². The van der Waals surface area contributed by atoms with Crippen LogP contribution in [0.5, 0.6) is 0 Å². The normalized spacial score (nSPS) is 10.2. The van der Waals surface area contributed by atoms with Gasteiger partial charge >= 0.3 is 0 Å². The molecule has 1 aromatic carbocycles. The minimum atomic E-state index is 0.601. The van der Waals surface area contributed by atoms with E-state index in [1.807, 2.05) is 31.2 Å². The average molecular weight is 295 g/mol. The van der Waals surface area contributed by atoms with Crippen LogP contribution in [0.2, 0.25) is 5.02 Å². The van der Waals surface area contributed by atoms with Crippen molar-refractivity contribution in [3.05, 3.63) is 47.2 Å². The van der Waals surface area contributed by atoms with Crippen molar-refractivity contribution in [1.82, 2.24) is 15.1 Å². The number of aromatic nitrogens is 2. The highest BCUT2D eigenvalue weighted by Crippen LogP contribution is 2.09. The molecule has 0 aliphatic rings. The van der Waals surface area contributed by atoms with Crippen molar-refractivity contribution < 1.29 is 0 Å². The Morgan fingerprint density at radius 2 is 2.32 bits per heavy atom. The summed E-state index contributed by atoms with van der Waals surface area (Å²) in [5, 5.41) is 11.6. The first-order chi connectivity index (χ1) is 9.13. The monoisotopic (exact) mass is 294 g/mol. The standard InChI is InChI=1S/C13H15ClN4S/c1-10-3-2-4-12(7-10)17-13(19)15-5-6-18-9-11(14)8-16-18/h2-4,7-9H,5-6H2,1H3,(H2,15,17,19). The van der Waals surface area contributed by atoms with Crippen LogP contribution in [0.4, 0.5) is 5.69 Å². The van der Waals surface area contributed by atoms with Gasteiger partial charge in [0.1, 0.15) is 0 Å². The Morgan fingerprint density at radius 1 is 1.47 bits per heavy atom. The first kappa shape index (κ1) is 13.8. The minimum Gasteiger partial charge on any atom is -0.361 e. The zero-order valence-electron chi connectivity index (χ0n) is 10.6. The summed E-state index contributed by atoms with van der Waals surface area (Å²) in [6.45, 7) is 3.45. The number of hydrogen-bond donors (Lipinski definition) is 2. The molecule has 0 radical (unpaired) electrons. The zero-order valence-corrected chi connectivity index (χ0v) is 12.1. The van der Waals surface area contributed by atoms with Gasteiger partial charge in [-0.3, -0.25) is 4.68 Å². The Labute approximate surface area is 122 Å². The fourth-order valence-electron chi connectivity index (χ4n) is 1.64. The largest absolute Gasteiger partial charge is 0.361 e. The third kappa shape index (κ3) is 4.54. The number of hydrogen-bond acceptors (Lipinski definition) is 2. The molecule has 2 N–H and O–H groups in total. The van der Waals surface area contributed by atoms with Crippen LogP contribution in [0.25, 0.3) is 0 Å². The molecule has 0 amide bonds. The van der Waals surface area contributed by atoms with Gasteiger partial charge in [0, 0.05) is 18.4 Å². The third-order valence-electron chi connectivity index (χ3n) is 2.50. The summed E-state index contributed by atoms with van der Waals surface area (Å²) in [6, 6.07) is 8.06. The van der Waals surface area contributed by atoms with Gasteiger partial charge in [0.2, 0.25) is 0 Å². The summed E-state index contributed by atoms with van der Waals surface area (Å²) < 4.78 is 1.77. The average Bonchev–Trinajstić information content (AvgIpc) is 2.75. The summed E-state index contributed by atoms with van der Waals surface area (Å²) in [7, 11) is 0. The zero-order chi connectivity index (χ0) is 13.7. The highest BCUT2D eigenvalue weighted by molar-refractivity contribution is 7.80. The molecule has 0 spiro atoms. The van der Waals surface area contributed by atoms with Crippen LogP contribution in [0.15, 0.2) is 36.7 Å². The van der Waals surface area contributed by atoms with Crippen LogP contribution in [-0.2, 0) is 6.54 Å². The van der Waals surface area contributed by atoms with Gasteiger partial charge in [-0.25, -0.2) is 0 Å². The molecule has 2 rings (SSSR count). The van der Waals surface area contributed by atoms with E-state index in [9.17, 15) is 0 Å². The van der Waals surface area contributed by atoms with E-state index >= 15 is 0 Å². The Bertz CT molecular complexity index is 567. The second kappa shape index (κ2) is 6.54. The maximum absolute atomic E-state index is 5.78. The molecular weight excluding hydrogens is 280 g/mol. The fourth-order valence-corrected chi connectivity index (χ4v) is 2.02. The number of aryl methyl sites for hydroxylation is 1. The first-order valence-electron chi connectivity index (χ1n) is 5.93. The van der Waals surface area contributed by atoms with Crippen molar-refractivity contribution in [2.24, 2.45) is 0 Å². The molecule has 1 aromatic heterocycles. The van der Waals surface area contributed by atoms with Crippen molar-refractivity contribution >= 4 is 34.6 Å². The Hall–Kier alpha value is -1.59. The van der Waals surface area contributed by atoms with E-state index in [1.54, 1.807) is 17.1 Å². The topological polar surface area (TPSA) is 41.9 Å². The SMILES string of the molecule is Cc1cccc(NC(=S)NCCn2cc(Cl)cn2)c1. The van der Waals surface area contributed by atoms with Gasteiger partial charge in [-0.1, -0.05) is 23.7 Å². The first-order valence-corrected chi connectivity index (χ1v) is 6.71. The van der Waals surface area contributed by atoms with E-state index in [-0.39, 0.29) is 0 Å². The molecule has 2 aromatic rings. The summed E-state index contributed by atoms with van der Waals surface area (Å²) in [5.74, 6) is 0. The molecule has 0 aliphatic heterocycles. The van der Waals surface area contributed by atoms with E-state index in [0.29, 0.717) is 23.2 Å². The molecule has 0 bridgehead atoms. The van der Waals surface area contributed by atoms with Crippen molar-refractivity contribution in [3.63, 3.8) is 0 Å². The highest BCUT2D eigenvalue weighted by Gasteiger charge is 1.99. The smallest absolute Gasteiger partial charge is 0.170 e. The van der Waals surface area contributed by atoms with Gasteiger partial charge in [0.15, 0.2) is 5.11 Å². The lowest BCUT2D eigenvalue weighted by Crippen LogP contribution is -2.31. The molecule has 0 saturated heterocycles. The summed E-state index contributed by atoms with van der Waals surface area (Å²) in [6.07, 6.45) is 3.39. The Morgan fingerprint density at radius 3 is 3.00 bits per heavy atom. The fraction of sp³-hybridized carbons (Fsp3) is 0.231. The molecule has 19 heavy (non-hydrogen) atoms. The van der Waals surface area contributed by atoms with Gasteiger partial charge in [0.25, 0.3) is 0 Å². The summed E-state index contributed by atoms with van der Waals surface area (Å²) in [4.78, 5) is 0. The van der Waals surface area contributed by atoms with Crippen LogP contribution in [0, 0.1) is 6.92 Å². The van der Waals surface area contributed by atoms with E-state index in [4.69, 9.17) is 23.8 Å². The lowest BCUT2D eigenvalue weighted by molar-refractivity contribution is 0.604. The van der Waals surface area contributed by atoms with E-state index in [2.05, 4.69) is 15.7 Å². The van der Waals surface area contributed by atoms with Crippen molar-refractivity contribution in [1.29, 1.82) is 0 Å². The van der Waals surface area contributed by atoms with Crippen LogP contribution >= 0.6 is 23.8 Å². The van der Waals surface area contributed by atoms with E-state index in [0.717, 1.165) is 5.69 Å². The van der Waals surface area contributed by atoms with Crippen molar-refractivity contribution in [2.45, 2.75) is 13.5 Å². The van der Waals surface area contributed by atoms with Crippen molar-refractivity contribution in [2.75, 3.05) is 11.9 Å². The van der Waals surface area contributed by atoms with Gasteiger partial charge in [-0.05, 0) is 36.8 Å². The molecule has 100 valence electrons. The highest BCUT2D eigenvalue weighted by atomic mass is 35.5. The van der Waals surface area contributed by atoms with Crippen LogP contribution in [0.3, 0.4) is 0 Å². The number of nitrogens with zero attached hydrogens (tertiary/aromatic N) is 2. The molecule has 6 heteroatoms. The van der Waals surface area contributed by atoms with Crippen molar-refractivity contribution in [3.8, 4) is 0 Å². The third-order valence-corrected chi connectivity index (χ3v) is 2.95. The van der Waals surface area contributed by atoms with E-state index < -0.39 is 0 Å². The Balaban J connectivity index is 1.76. The second-order valence-corrected chi connectivity index (χ2v) is 5.02. The van der Waals surface area contributed by atoms with Gasteiger partial charge in [-0.2, -0.15) is 5.10 Å². The number of benzene rings is 1. The quantitative estimate of drug-likeness (QED) is 0.851.